The molecular weight excluding hydrogens is 160 g/mol. The maximum atomic E-state index is 9.88. The molecule has 3 nitrogen and oxygen atoms in total. The van der Waals surface area contributed by atoms with Crippen molar-refractivity contribution in [2.24, 2.45) is 0 Å². The lowest BCUT2D eigenvalue weighted by Crippen LogP contribution is -2.07. The molecule has 1 rings (SSSR count). The van der Waals surface area contributed by atoms with Crippen LogP contribution in [0.2, 0.25) is 0 Å². The summed E-state index contributed by atoms with van der Waals surface area (Å²) in [5, 5.41) is 12.7. The van der Waals surface area contributed by atoms with E-state index in [2.05, 4.69) is 5.32 Å². The minimum Gasteiger partial charge on any atom is -0.354 e. The Labute approximate surface area is 68.3 Å². The van der Waals surface area contributed by atoms with Crippen molar-refractivity contribution in [3.05, 3.63) is 21.9 Å². The molecule has 1 amide bonds. The normalized spacial score (nSPS) is 8.64. The minimum absolute atomic E-state index is 0.510. The third kappa shape index (κ3) is 2.06. The highest BCUT2D eigenvalue weighted by atomic mass is 32.1. The van der Waals surface area contributed by atoms with Gasteiger partial charge < -0.3 is 5.32 Å². The third-order valence-electron chi connectivity index (χ3n) is 1.14. The predicted octanol–water partition coefficient (Wildman–Crippen LogP) is 0.866. The summed E-state index contributed by atoms with van der Waals surface area (Å²) in [5.41, 5.74) is 0.651. The van der Waals surface area contributed by atoms with Crippen molar-refractivity contribution in [1.82, 2.24) is 5.32 Å². The third-order valence-corrected chi connectivity index (χ3v) is 2.08. The second-order valence-corrected chi connectivity index (χ2v) is 2.91. The second kappa shape index (κ2) is 3.74. The van der Waals surface area contributed by atoms with Crippen molar-refractivity contribution in [2.75, 3.05) is 0 Å². The van der Waals surface area contributed by atoms with E-state index in [-0.39, 0.29) is 0 Å². The van der Waals surface area contributed by atoms with E-state index in [1.165, 1.54) is 11.3 Å². The molecule has 0 atom stereocenters. The van der Waals surface area contributed by atoms with Gasteiger partial charge in [0.2, 0.25) is 6.41 Å². The van der Waals surface area contributed by atoms with Crippen molar-refractivity contribution in [2.45, 2.75) is 6.54 Å². The van der Waals surface area contributed by atoms with E-state index in [4.69, 9.17) is 5.26 Å². The van der Waals surface area contributed by atoms with Gasteiger partial charge in [0, 0.05) is 10.3 Å². The van der Waals surface area contributed by atoms with Gasteiger partial charge in [0.05, 0.1) is 12.1 Å². The zero-order chi connectivity index (χ0) is 8.10. The van der Waals surface area contributed by atoms with Gasteiger partial charge in [-0.3, -0.25) is 4.79 Å². The summed E-state index contributed by atoms with van der Waals surface area (Å²) >= 11 is 1.47. The Kier molecular flexibility index (Phi) is 2.64. The first-order valence-corrected chi connectivity index (χ1v) is 3.89. The number of rotatable bonds is 3. The van der Waals surface area contributed by atoms with Crippen molar-refractivity contribution in [3.8, 4) is 6.07 Å². The molecule has 0 spiro atoms. The minimum atomic E-state index is 0.510. The van der Waals surface area contributed by atoms with E-state index in [1.807, 2.05) is 6.07 Å². The van der Waals surface area contributed by atoms with Crippen molar-refractivity contribution >= 4 is 17.7 Å². The topological polar surface area (TPSA) is 52.9 Å². The summed E-state index contributed by atoms with van der Waals surface area (Å²) in [4.78, 5) is 10.9. The molecule has 0 aliphatic rings. The quantitative estimate of drug-likeness (QED) is 0.677. The number of carbonyl (C=O) groups is 1. The second-order valence-electron chi connectivity index (χ2n) is 1.91. The van der Waals surface area contributed by atoms with Gasteiger partial charge in [0.15, 0.2) is 0 Å². The Morgan fingerprint density at radius 3 is 3.18 bits per heavy atom. The van der Waals surface area contributed by atoms with Crippen LogP contribution < -0.4 is 5.32 Å². The molecule has 0 saturated carbocycles. The van der Waals surface area contributed by atoms with Gasteiger partial charge in [0.1, 0.15) is 6.07 Å². The molecule has 56 valence electrons. The molecule has 0 fully saturated rings. The van der Waals surface area contributed by atoms with Crippen LogP contribution in [0, 0.1) is 11.3 Å². The van der Waals surface area contributed by atoms with E-state index in [0.717, 1.165) is 4.88 Å². The Bertz CT molecular complexity index is 287. The highest BCUT2D eigenvalue weighted by Gasteiger charge is 1.96. The van der Waals surface area contributed by atoms with Gasteiger partial charge in [-0.05, 0) is 6.07 Å². The van der Waals surface area contributed by atoms with Crippen LogP contribution in [-0.4, -0.2) is 6.41 Å². The smallest absolute Gasteiger partial charge is 0.207 e. The molecule has 0 aliphatic carbocycles. The van der Waals surface area contributed by atoms with Crippen LogP contribution in [0.25, 0.3) is 0 Å². The zero-order valence-electron chi connectivity index (χ0n) is 5.70. The molecule has 0 aliphatic heterocycles. The van der Waals surface area contributed by atoms with E-state index in [1.54, 1.807) is 11.4 Å². The van der Waals surface area contributed by atoms with Gasteiger partial charge in [-0.1, -0.05) is 0 Å². The standard InChI is InChI=1S/C7H6N2OS/c8-2-6-1-7(11-4-6)3-9-5-10/h1,4-5H,3H2,(H,9,10). The van der Waals surface area contributed by atoms with Crippen molar-refractivity contribution < 1.29 is 4.79 Å². The summed E-state index contributed by atoms with van der Waals surface area (Å²) in [5.74, 6) is 0. The number of amides is 1. The van der Waals surface area contributed by atoms with E-state index in [9.17, 15) is 4.79 Å². The summed E-state index contributed by atoms with van der Waals surface area (Å²) in [6, 6.07) is 3.78. The molecule has 11 heavy (non-hydrogen) atoms. The van der Waals surface area contributed by atoms with Crippen LogP contribution in [0.4, 0.5) is 0 Å². The number of carbonyl (C=O) groups excluding carboxylic acids is 1. The van der Waals surface area contributed by atoms with E-state index in [0.29, 0.717) is 18.5 Å². The number of hydrogen-bond acceptors (Lipinski definition) is 3. The Balaban J connectivity index is 2.59. The molecule has 1 N–H and O–H groups in total. The molecule has 0 bridgehead atoms. The summed E-state index contributed by atoms with van der Waals surface area (Å²) in [6.45, 7) is 0.510. The Morgan fingerprint density at radius 1 is 1.82 bits per heavy atom. The number of thiophene rings is 1. The molecule has 4 heteroatoms. The number of hydrogen-bond donors (Lipinski definition) is 1. The van der Waals surface area contributed by atoms with E-state index < -0.39 is 0 Å². The average molecular weight is 166 g/mol. The maximum Gasteiger partial charge on any atom is 0.207 e. The first-order chi connectivity index (χ1) is 5.36. The van der Waals surface area contributed by atoms with Crippen molar-refractivity contribution in [3.63, 3.8) is 0 Å². The fourth-order valence-electron chi connectivity index (χ4n) is 0.674. The van der Waals surface area contributed by atoms with Gasteiger partial charge in [0.25, 0.3) is 0 Å². The highest BCUT2D eigenvalue weighted by Crippen LogP contribution is 2.12. The zero-order valence-corrected chi connectivity index (χ0v) is 6.52. The molecule has 0 aromatic carbocycles. The van der Waals surface area contributed by atoms with Gasteiger partial charge >= 0.3 is 0 Å². The lowest BCUT2D eigenvalue weighted by Gasteiger charge is -1.90. The van der Waals surface area contributed by atoms with E-state index >= 15 is 0 Å². The van der Waals surface area contributed by atoms with Crippen LogP contribution in [0.5, 0.6) is 0 Å². The van der Waals surface area contributed by atoms with Crippen LogP contribution >= 0.6 is 11.3 Å². The number of nitrogens with zero attached hydrogens (tertiary/aromatic N) is 1. The lowest BCUT2D eigenvalue weighted by molar-refractivity contribution is -0.109. The summed E-state index contributed by atoms with van der Waals surface area (Å²) in [7, 11) is 0. The first kappa shape index (κ1) is 7.76. The molecule has 1 heterocycles. The molecule has 1 aromatic heterocycles. The fourth-order valence-corrected chi connectivity index (χ4v) is 1.43. The molecule has 0 radical (unpaired) electrons. The van der Waals surface area contributed by atoms with Gasteiger partial charge in [-0.25, -0.2) is 0 Å². The fraction of sp³-hybridized carbons (Fsp3) is 0.143. The molecular formula is C7H6N2OS. The van der Waals surface area contributed by atoms with Crippen LogP contribution in [0.1, 0.15) is 10.4 Å². The first-order valence-electron chi connectivity index (χ1n) is 3.01. The van der Waals surface area contributed by atoms with Crippen LogP contribution in [0.3, 0.4) is 0 Å². The molecule has 0 unspecified atom stereocenters. The Morgan fingerprint density at radius 2 is 2.64 bits per heavy atom. The maximum absolute atomic E-state index is 9.88. The summed E-state index contributed by atoms with van der Waals surface area (Å²) in [6.07, 6.45) is 0.645. The highest BCUT2D eigenvalue weighted by molar-refractivity contribution is 7.10. The van der Waals surface area contributed by atoms with Crippen LogP contribution in [0.15, 0.2) is 11.4 Å². The van der Waals surface area contributed by atoms with Gasteiger partial charge in [-0.15, -0.1) is 11.3 Å². The SMILES string of the molecule is N#Cc1csc(CNC=O)c1. The lowest BCUT2D eigenvalue weighted by atomic mass is 10.3. The number of nitriles is 1. The molecule has 1 aromatic rings. The Hall–Kier alpha value is -1.34. The summed E-state index contributed by atoms with van der Waals surface area (Å²) < 4.78 is 0. The van der Waals surface area contributed by atoms with Crippen LogP contribution in [-0.2, 0) is 11.3 Å². The van der Waals surface area contributed by atoms with Crippen molar-refractivity contribution in [1.29, 1.82) is 5.26 Å². The monoisotopic (exact) mass is 166 g/mol. The number of nitrogens with one attached hydrogen (secondary N) is 1. The van der Waals surface area contributed by atoms with Gasteiger partial charge in [-0.2, -0.15) is 5.26 Å². The molecule has 0 saturated heterocycles. The average Bonchev–Trinajstić information content (AvgIpc) is 2.48. The predicted molar refractivity (Wildman–Crippen MR) is 41.9 cm³/mol. The largest absolute Gasteiger partial charge is 0.354 e.